The first-order valence-electron chi connectivity index (χ1n) is 4.84. The lowest BCUT2D eigenvalue weighted by Crippen LogP contribution is -3.00. The maximum Gasteiger partial charge on any atom is 0.192 e. The summed E-state index contributed by atoms with van der Waals surface area (Å²) in [6.45, 7) is 4.08. The molecule has 0 fully saturated rings. The van der Waals surface area contributed by atoms with Crippen molar-refractivity contribution in [3.05, 3.63) is 0 Å². The summed E-state index contributed by atoms with van der Waals surface area (Å²) in [5.41, 5.74) is 0. The van der Waals surface area contributed by atoms with Gasteiger partial charge in [0, 0.05) is 12.8 Å². The number of likely N-dealkylation sites (N-methyl/N-ethyl adjacent to an activating group) is 1. The smallest absolute Gasteiger partial charge is 0.192 e. The average Bonchev–Trinajstić information content (AvgIpc) is 2.15. The highest BCUT2D eigenvalue weighted by molar-refractivity contribution is 4.47. The van der Waals surface area contributed by atoms with E-state index in [1.807, 2.05) is 13.8 Å². The Morgan fingerprint density at radius 3 is 1.64 bits per heavy atom. The molecule has 0 saturated heterocycles. The molecular formula is C9H22ClNO3. The molecule has 0 aliphatic rings. The number of aliphatic hydroxyl groups excluding tert-OH is 3. The third-order valence-electron chi connectivity index (χ3n) is 2.67. The van der Waals surface area contributed by atoms with Gasteiger partial charge in [-0.15, -0.1) is 0 Å². The third-order valence-corrected chi connectivity index (χ3v) is 2.67. The maximum atomic E-state index is 9.71. The van der Waals surface area contributed by atoms with Crippen LogP contribution in [0.5, 0.6) is 0 Å². The molecule has 0 aromatic heterocycles. The maximum absolute atomic E-state index is 9.71. The van der Waals surface area contributed by atoms with Crippen molar-refractivity contribution < 1.29 is 32.2 Å². The van der Waals surface area contributed by atoms with Crippen LogP contribution in [0.3, 0.4) is 0 Å². The van der Waals surface area contributed by atoms with Gasteiger partial charge in [0.2, 0.25) is 0 Å². The van der Waals surface area contributed by atoms with E-state index in [9.17, 15) is 10.2 Å². The van der Waals surface area contributed by atoms with Crippen LogP contribution in [0.1, 0.15) is 26.7 Å². The normalized spacial score (nSPS) is 19.3. The summed E-state index contributed by atoms with van der Waals surface area (Å²) >= 11 is 0. The SMILES string of the molecule is CCC(O)[N+](C)(CCO)C(O)CC.[Cl-]. The Labute approximate surface area is 92.2 Å². The number of halogens is 1. The van der Waals surface area contributed by atoms with Crippen LogP contribution in [0, 0.1) is 0 Å². The molecule has 0 aromatic carbocycles. The molecule has 0 heterocycles. The summed E-state index contributed by atoms with van der Waals surface area (Å²) in [6, 6.07) is 0. The molecule has 0 aliphatic carbocycles. The van der Waals surface area contributed by atoms with Crippen molar-refractivity contribution >= 4 is 0 Å². The molecule has 0 spiro atoms. The van der Waals surface area contributed by atoms with E-state index in [-0.39, 0.29) is 23.5 Å². The second-order valence-corrected chi connectivity index (χ2v) is 3.57. The molecular weight excluding hydrogens is 206 g/mol. The van der Waals surface area contributed by atoms with Crippen LogP contribution in [0.15, 0.2) is 0 Å². The lowest BCUT2D eigenvalue weighted by atomic mass is 10.2. The number of nitrogens with zero attached hydrogens (tertiary/aromatic N) is 1. The van der Waals surface area contributed by atoms with Crippen LogP contribution in [-0.2, 0) is 0 Å². The number of hydrogen-bond acceptors (Lipinski definition) is 3. The van der Waals surface area contributed by atoms with Gasteiger partial charge in [-0.3, -0.25) is 4.48 Å². The van der Waals surface area contributed by atoms with E-state index in [4.69, 9.17) is 5.11 Å². The first-order valence-corrected chi connectivity index (χ1v) is 4.84. The topological polar surface area (TPSA) is 60.7 Å². The molecule has 2 unspecified atom stereocenters. The van der Waals surface area contributed by atoms with E-state index in [2.05, 4.69) is 0 Å². The zero-order valence-electron chi connectivity index (χ0n) is 9.15. The molecule has 0 aromatic rings. The quantitative estimate of drug-likeness (QED) is 0.333. The number of hydrogen-bond donors (Lipinski definition) is 3. The minimum Gasteiger partial charge on any atom is -1.00 e. The fourth-order valence-corrected chi connectivity index (χ4v) is 1.55. The summed E-state index contributed by atoms with van der Waals surface area (Å²) in [7, 11) is 1.76. The highest BCUT2D eigenvalue weighted by atomic mass is 35.5. The van der Waals surface area contributed by atoms with Crippen LogP contribution in [-0.4, -0.2) is 52.5 Å². The van der Waals surface area contributed by atoms with Crippen molar-refractivity contribution in [3.63, 3.8) is 0 Å². The van der Waals surface area contributed by atoms with Gasteiger partial charge in [-0.05, 0) is 0 Å². The molecule has 3 N–H and O–H groups in total. The summed E-state index contributed by atoms with van der Waals surface area (Å²) in [5, 5.41) is 28.3. The zero-order valence-corrected chi connectivity index (χ0v) is 9.91. The summed E-state index contributed by atoms with van der Waals surface area (Å²) < 4.78 is 0.115. The zero-order chi connectivity index (χ0) is 10.5. The second kappa shape index (κ2) is 7.43. The van der Waals surface area contributed by atoms with Crippen LogP contribution in [0.4, 0.5) is 0 Å². The first-order chi connectivity index (χ1) is 6.02. The molecule has 4 nitrogen and oxygen atoms in total. The number of quaternary nitrogens is 1. The Balaban J connectivity index is 0. The number of aliphatic hydroxyl groups is 3. The monoisotopic (exact) mass is 227 g/mol. The molecule has 0 rings (SSSR count). The summed E-state index contributed by atoms with van der Waals surface area (Å²) in [6.07, 6.45) is -0.0644. The molecule has 0 bridgehead atoms. The molecule has 0 saturated carbocycles. The van der Waals surface area contributed by atoms with Gasteiger partial charge in [0.15, 0.2) is 12.5 Å². The Morgan fingerprint density at radius 1 is 1.07 bits per heavy atom. The van der Waals surface area contributed by atoms with Crippen molar-refractivity contribution in [2.75, 3.05) is 20.2 Å². The van der Waals surface area contributed by atoms with Crippen LogP contribution >= 0.6 is 0 Å². The van der Waals surface area contributed by atoms with Gasteiger partial charge < -0.3 is 27.7 Å². The third kappa shape index (κ3) is 3.71. The standard InChI is InChI=1S/C9H22NO3.ClH/c1-4-8(12)10(3,6-7-11)9(13)5-2;/h8-9,11-13H,4-7H2,1-3H3;1H/q+1;/p-1. The van der Waals surface area contributed by atoms with Gasteiger partial charge in [0.25, 0.3) is 0 Å². The van der Waals surface area contributed by atoms with E-state index < -0.39 is 12.5 Å². The molecule has 0 amide bonds. The molecule has 0 aliphatic heterocycles. The predicted octanol–water partition coefficient (Wildman–Crippen LogP) is -3.11. The Kier molecular flexibility index (Phi) is 8.78. The summed E-state index contributed by atoms with van der Waals surface area (Å²) in [4.78, 5) is 0. The predicted molar refractivity (Wildman–Crippen MR) is 50.7 cm³/mol. The van der Waals surface area contributed by atoms with Gasteiger partial charge in [0.05, 0.1) is 13.7 Å². The van der Waals surface area contributed by atoms with Gasteiger partial charge in [-0.25, -0.2) is 0 Å². The molecule has 2 atom stereocenters. The van der Waals surface area contributed by atoms with E-state index in [1.54, 1.807) is 7.05 Å². The Hall–Kier alpha value is 0.130. The van der Waals surface area contributed by atoms with Crippen LogP contribution in [0.25, 0.3) is 0 Å². The van der Waals surface area contributed by atoms with Crippen molar-refractivity contribution in [1.29, 1.82) is 0 Å². The second-order valence-electron chi connectivity index (χ2n) is 3.57. The van der Waals surface area contributed by atoms with Gasteiger partial charge in [0.1, 0.15) is 6.54 Å². The molecule has 0 radical (unpaired) electrons. The minimum absolute atomic E-state index is 0. The molecule has 14 heavy (non-hydrogen) atoms. The van der Waals surface area contributed by atoms with Crippen LogP contribution in [0.2, 0.25) is 0 Å². The van der Waals surface area contributed by atoms with E-state index in [0.29, 0.717) is 19.4 Å². The lowest BCUT2D eigenvalue weighted by Gasteiger charge is -2.41. The summed E-state index contributed by atoms with van der Waals surface area (Å²) in [5.74, 6) is 0. The van der Waals surface area contributed by atoms with Crippen molar-refractivity contribution in [2.24, 2.45) is 0 Å². The molecule has 5 heteroatoms. The van der Waals surface area contributed by atoms with E-state index in [0.717, 1.165) is 0 Å². The van der Waals surface area contributed by atoms with Gasteiger partial charge >= 0.3 is 0 Å². The Bertz CT molecular complexity index is 136. The van der Waals surface area contributed by atoms with Crippen molar-refractivity contribution in [1.82, 2.24) is 0 Å². The van der Waals surface area contributed by atoms with Crippen molar-refractivity contribution in [3.8, 4) is 0 Å². The van der Waals surface area contributed by atoms with Gasteiger partial charge in [-0.1, -0.05) is 13.8 Å². The lowest BCUT2D eigenvalue weighted by molar-refractivity contribution is -0.994. The fourth-order valence-electron chi connectivity index (χ4n) is 1.55. The first kappa shape index (κ1) is 16.6. The number of rotatable bonds is 6. The van der Waals surface area contributed by atoms with E-state index >= 15 is 0 Å². The van der Waals surface area contributed by atoms with E-state index in [1.165, 1.54) is 0 Å². The largest absolute Gasteiger partial charge is 1.00 e. The fraction of sp³-hybridized carbons (Fsp3) is 1.00. The minimum atomic E-state index is -0.609. The Morgan fingerprint density at radius 2 is 1.43 bits per heavy atom. The van der Waals surface area contributed by atoms with Crippen LogP contribution < -0.4 is 12.4 Å². The molecule has 88 valence electrons. The van der Waals surface area contributed by atoms with Gasteiger partial charge in [-0.2, -0.15) is 0 Å². The average molecular weight is 228 g/mol. The highest BCUT2D eigenvalue weighted by Crippen LogP contribution is 2.17. The highest BCUT2D eigenvalue weighted by Gasteiger charge is 2.35. The van der Waals surface area contributed by atoms with Crippen molar-refractivity contribution in [2.45, 2.75) is 39.1 Å².